The number of hydrogen-bond acceptors (Lipinski definition) is 8. The second kappa shape index (κ2) is 16.2. The lowest BCUT2D eigenvalue weighted by molar-refractivity contribution is -0.143. The van der Waals surface area contributed by atoms with Gasteiger partial charge in [0.15, 0.2) is 11.6 Å². The number of halogens is 7. The minimum absolute atomic E-state index is 0.0411. The third kappa shape index (κ3) is 9.77. The number of rotatable bonds is 10. The summed E-state index contributed by atoms with van der Waals surface area (Å²) in [5, 5.41) is 2.89. The summed E-state index contributed by atoms with van der Waals surface area (Å²) in [5.74, 6) is -1.13. The van der Waals surface area contributed by atoms with E-state index in [2.05, 4.69) is 38.9 Å². The van der Waals surface area contributed by atoms with Crippen LogP contribution in [-0.2, 0) is 12.4 Å². The molecule has 0 bridgehead atoms. The average molecular weight is 763 g/mol. The Morgan fingerprint density at radius 2 is 1.52 bits per heavy atom. The fraction of sp³-hybridized carbons (Fsp3) is 0.395. The highest BCUT2D eigenvalue weighted by molar-refractivity contribution is 5.89. The SMILES string of the molecule is Cc1ccc(-c2cc(OC(=O)N(C)c3cc(C(F)(F)F)cc(C(F)(F)F)c3)nc(Nc3ccc(OCCN4CCN(C(C)C)CC4)c(F)c3)n2)c(C)c1C. The molecule has 1 saturated heterocycles. The van der Waals surface area contributed by atoms with E-state index in [-0.39, 0.29) is 41.6 Å². The van der Waals surface area contributed by atoms with Gasteiger partial charge in [0.25, 0.3) is 0 Å². The van der Waals surface area contributed by atoms with Crippen molar-refractivity contribution in [1.82, 2.24) is 19.8 Å². The van der Waals surface area contributed by atoms with Gasteiger partial charge in [-0.15, -0.1) is 0 Å². The maximum atomic E-state index is 15.2. The molecule has 1 aliphatic rings. The largest absolute Gasteiger partial charge is 0.489 e. The fourth-order valence-corrected chi connectivity index (χ4v) is 5.91. The van der Waals surface area contributed by atoms with Crippen LogP contribution in [0.5, 0.6) is 11.6 Å². The molecule has 4 aromatic rings. The molecule has 0 spiro atoms. The van der Waals surface area contributed by atoms with Crippen LogP contribution >= 0.6 is 0 Å². The predicted octanol–water partition coefficient (Wildman–Crippen LogP) is 9.03. The van der Waals surface area contributed by atoms with Gasteiger partial charge in [-0.05, 0) is 81.6 Å². The minimum Gasteiger partial charge on any atom is -0.489 e. The molecule has 290 valence electrons. The molecule has 1 aromatic heterocycles. The molecular formula is C38H41F7N6O3. The molecule has 1 amide bonds. The van der Waals surface area contributed by atoms with Crippen molar-refractivity contribution in [3.63, 3.8) is 0 Å². The van der Waals surface area contributed by atoms with Crippen LogP contribution in [0.25, 0.3) is 11.3 Å². The molecule has 1 aliphatic heterocycles. The van der Waals surface area contributed by atoms with Crippen molar-refractivity contribution in [2.45, 2.75) is 53.0 Å². The van der Waals surface area contributed by atoms with Gasteiger partial charge in [0, 0.05) is 74.9 Å². The van der Waals surface area contributed by atoms with Crippen LogP contribution in [0.4, 0.5) is 52.9 Å². The first-order chi connectivity index (χ1) is 25.3. The number of aryl methyl sites for hydroxylation is 1. The molecule has 1 N–H and O–H groups in total. The molecule has 0 unspecified atom stereocenters. The van der Waals surface area contributed by atoms with Crippen molar-refractivity contribution in [2.75, 3.05) is 56.6 Å². The zero-order valence-corrected chi connectivity index (χ0v) is 30.6. The lowest BCUT2D eigenvalue weighted by atomic mass is 9.97. The van der Waals surface area contributed by atoms with Gasteiger partial charge >= 0.3 is 18.4 Å². The standard InChI is InChI=1S/C38H41F7N6O3/c1-22(2)51-13-11-50(12-14-51)15-16-53-33-10-8-28(20-31(33)39)46-35-47-32(30-9-7-23(3)24(4)25(30)5)21-34(48-35)54-36(52)49(6)29-18-26(37(40,41)42)17-27(19-29)38(43,44)45/h7-10,17-22H,11-16H2,1-6H3,(H,46,47,48). The second-order valence-corrected chi connectivity index (χ2v) is 13.4. The smallest absolute Gasteiger partial charge is 0.420 e. The van der Waals surface area contributed by atoms with Crippen LogP contribution in [0, 0.1) is 26.6 Å². The number of benzene rings is 3. The molecule has 54 heavy (non-hydrogen) atoms. The summed E-state index contributed by atoms with van der Waals surface area (Å²) in [6.07, 6.45) is -11.6. The Balaban J connectivity index is 1.38. The summed E-state index contributed by atoms with van der Waals surface area (Å²) in [5.41, 5.74) is -0.000206. The summed E-state index contributed by atoms with van der Waals surface area (Å²) in [6, 6.07) is 10.4. The van der Waals surface area contributed by atoms with Crippen LogP contribution in [0.15, 0.2) is 54.6 Å². The highest BCUT2D eigenvalue weighted by Crippen LogP contribution is 2.39. The quantitative estimate of drug-likeness (QED) is 0.160. The number of piperazine rings is 1. The highest BCUT2D eigenvalue weighted by Gasteiger charge is 2.38. The Kier molecular flexibility index (Phi) is 12.1. The second-order valence-electron chi connectivity index (χ2n) is 13.4. The Morgan fingerprint density at radius 3 is 2.11 bits per heavy atom. The third-order valence-electron chi connectivity index (χ3n) is 9.45. The maximum absolute atomic E-state index is 15.2. The van der Waals surface area contributed by atoms with E-state index in [0.717, 1.165) is 49.9 Å². The van der Waals surface area contributed by atoms with Gasteiger partial charge in [-0.25, -0.2) is 14.2 Å². The van der Waals surface area contributed by atoms with E-state index in [1.54, 1.807) is 12.1 Å². The van der Waals surface area contributed by atoms with Crippen molar-refractivity contribution in [3.05, 3.63) is 88.2 Å². The summed E-state index contributed by atoms with van der Waals surface area (Å²) in [6.45, 7) is 14.6. The molecule has 0 radical (unpaired) electrons. The number of anilines is 3. The number of ether oxygens (including phenoxy) is 2. The lowest BCUT2D eigenvalue weighted by Crippen LogP contribution is -2.49. The van der Waals surface area contributed by atoms with Crippen LogP contribution in [0.2, 0.25) is 0 Å². The topological polar surface area (TPSA) is 83.1 Å². The minimum atomic E-state index is -5.13. The zero-order valence-electron chi connectivity index (χ0n) is 30.6. The molecule has 0 aliphatic carbocycles. The Morgan fingerprint density at radius 1 is 0.870 bits per heavy atom. The van der Waals surface area contributed by atoms with Crippen molar-refractivity contribution in [3.8, 4) is 22.9 Å². The number of alkyl halides is 6. The summed E-state index contributed by atoms with van der Waals surface area (Å²) in [7, 11) is 0.964. The van der Waals surface area contributed by atoms with Crippen LogP contribution in [-0.4, -0.2) is 78.3 Å². The van der Waals surface area contributed by atoms with Crippen molar-refractivity contribution in [2.24, 2.45) is 0 Å². The van der Waals surface area contributed by atoms with Gasteiger partial charge in [-0.3, -0.25) is 14.7 Å². The van der Waals surface area contributed by atoms with Crippen LogP contribution in [0.3, 0.4) is 0 Å². The molecular weight excluding hydrogens is 721 g/mol. The number of carbonyl (C=O) groups is 1. The lowest BCUT2D eigenvalue weighted by Gasteiger charge is -2.36. The molecule has 9 nitrogen and oxygen atoms in total. The monoisotopic (exact) mass is 762 g/mol. The van der Waals surface area contributed by atoms with Gasteiger partial charge < -0.3 is 14.8 Å². The van der Waals surface area contributed by atoms with E-state index >= 15 is 4.39 Å². The molecule has 3 aromatic carbocycles. The predicted molar refractivity (Wildman–Crippen MR) is 191 cm³/mol. The zero-order chi connectivity index (χ0) is 39.5. The van der Waals surface area contributed by atoms with Crippen molar-refractivity contribution < 1.29 is 45.0 Å². The molecule has 16 heteroatoms. The first kappa shape index (κ1) is 40.2. The third-order valence-corrected chi connectivity index (χ3v) is 9.45. The van der Waals surface area contributed by atoms with Crippen LogP contribution in [0.1, 0.15) is 41.7 Å². The molecule has 5 rings (SSSR count). The van der Waals surface area contributed by atoms with E-state index in [0.29, 0.717) is 35.2 Å². The normalized spacial score (nSPS) is 14.3. The van der Waals surface area contributed by atoms with Gasteiger partial charge in [-0.2, -0.15) is 31.3 Å². The van der Waals surface area contributed by atoms with Gasteiger partial charge in [0.2, 0.25) is 11.8 Å². The van der Waals surface area contributed by atoms with E-state index < -0.39 is 41.1 Å². The number of nitrogens with zero attached hydrogens (tertiary/aromatic N) is 5. The summed E-state index contributed by atoms with van der Waals surface area (Å²) >= 11 is 0. The number of aromatic nitrogens is 2. The molecule has 0 saturated carbocycles. The Bertz CT molecular complexity index is 1950. The molecule has 1 fully saturated rings. The van der Waals surface area contributed by atoms with Crippen molar-refractivity contribution in [1.29, 1.82) is 0 Å². The molecule has 0 atom stereocenters. The van der Waals surface area contributed by atoms with Gasteiger partial charge in [-0.1, -0.05) is 12.1 Å². The maximum Gasteiger partial charge on any atom is 0.420 e. The van der Waals surface area contributed by atoms with E-state index in [1.165, 1.54) is 18.2 Å². The first-order valence-corrected chi connectivity index (χ1v) is 17.2. The summed E-state index contributed by atoms with van der Waals surface area (Å²) < 4.78 is 107. The van der Waals surface area contributed by atoms with E-state index in [4.69, 9.17) is 9.47 Å². The van der Waals surface area contributed by atoms with Gasteiger partial charge in [0.05, 0.1) is 16.8 Å². The highest BCUT2D eigenvalue weighted by atomic mass is 19.4. The molecule has 2 heterocycles. The van der Waals surface area contributed by atoms with Crippen LogP contribution < -0.4 is 19.7 Å². The van der Waals surface area contributed by atoms with E-state index in [9.17, 15) is 31.1 Å². The Hall–Kier alpha value is -4.96. The number of nitrogens with one attached hydrogen (secondary N) is 1. The van der Waals surface area contributed by atoms with Crippen molar-refractivity contribution >= 4 is 23.4 Å². The number of amides is 1. The fourth-order valence-electron chi connectivity index (χ4n) is 5.91. The van der Waals surface area contributed by atoms with E-state index in [1.807, 2.05) is 26.8 Å². The summed E-state index contributed by atoms with van der Waals surface area (Å²) in [4.78, 5) is 27.1. The Labute approximate surface area is 308 Å². The number of carbonyl (C=O) groups excluding carboxylic acids is 1. The van der Waals surface area contributed by atoms with Gasteiger partial charge in [0.1, 0.15) is 6.61 Å². The number of hydrogen-bond donors (Lipinski definition) is 1. The average Bonchev–Trinajstić information content (AvgIpc) is 3.10. The first-order valence-electron chi connectivity index (χ1n) is 17.2.